The van der Waals surface area contributed by atoms with E-state index in [0.29, 0.717) is 15.9 Å². The van der Waals surface area contributed by atoms with Crippen LogP contribution in [0.25, 0.3) is 10.2 Å². The van der Waals surface area contributed by atoms with Crippen LogP contribution in [0.15, 0.2) is 65.6 Å². The molecule has 0 aliphatic heterocycles. The molecule has 32 heavy (non-hydrogen) atoms. The highest BCUT2D eigenvalue weighted by atomic mass is 32.2. The maximum absolute atomic E-state index is 13.7. The summed E-state index contributed by atoms with van der Waals surface area (Å²) >= 11 is 1.09. The fourth-order valence-electron chi connectivity index (χ4n) is 2.82. The van der Waals surface area contributed by atoms with Crippen molar-refractivity contribution in [3.05, 3.63) is 77.9 Å². The largest absolute Gasteiger partial charge is 0.323 e. The number of rotatable bonds is 5. The van der Waals surface area contributed by atoms with Crippen molar-refractivity contribution < 1.29 is 22.0 Å². The summed E-state index contributed by atoms with van der Waals surface area (Å²) in [5.41, 5.74) is 1.53. The number of nitrogens with zero attached hydrogens (tertiary/aromatic N) is 1. The first-order valence-corrected chi connectivity index (χ1v) is 11.5. The SMILES string of the molecule is Cc1ccc(S(=O)(=O)Nc2nc3ccc(NC(=O)Nc4cc(F)ccc4F)cc3s2)cc1. The number of fused-ring (bicyclic) bond motifs is 1. The predicted molar refractivity (Wildman–Crippen MR) is 121 cm³/mol. The lowest BCUT2D eigenvalue weighted by atomic mass is 10.2. The van der Waals surface area contributed by atoms with E-state index in [1.54, 1.807) is 30.3 Å². The van der Waals surface area contributed by atoms with Crippen molar-refractivity contribution in [2.24, 2.45) is 0 Å². The van der Waals surface area contributed by atoms with Crippen molar-refractivity contribution in [2.45, 2.75) is 11.8 Å². The van der Waals surface area contributed by atoms with Gasteiger partial charge in [0.1, 0.15) is 11.6 Å². The molecule has 0 aliphatic rings. The molecule has 0 unspecified atom stereocenters. The number of halogens is 2. The average Bonchev–Trinajstić information content (AvgIpc) is 3.11. The molecule has 11 heteroatoms. The Morgan fingerprint density at radius 1 is 0.969 bits per heavy atom. The highest BCUT2D eigenvalue weighted by Gasteiger charge is 2.17. The zero-order chi connectivity index (χ0) is 22.9. The summed E-state index contributed by atoms with van der Waals surface area (Å²) in [6.45, 7) is 1.86. The monoisotopic (exact) mass is 474 g/mol. The van der Waals surface area contributed by atoms with E-state index in [1.807, 2.05) is 6.92 Å². The number of urea groups is 1. The van der Waals surface area contributed by atoms with Gasteiger partial charge in [-0.15, -0.1) is 0 Å². The zero-order valence-corrected chi connectivity index (χ0v) is 18.2. The van der Waals surface area contributed by atoms with Crippen LogP contribution in [0, 0.1) is 18.6 Å². The third-order valence-corrected chi connectivity index (χ3v) is 6.79. The molecule has 3 aromatic carbocycles. The maximum Gasteiger partial charge on any atom is 0.323 e. The van der Waals surface area contributed by atoms with Gasteiger partial charge in [0.05, 0.1) is 20.8 Å². The van der Waals surface area contributed by atoms with E-state index in [2.05, 4.69) is 20.3 Å². The van der Waals surface area contributed by atoms with Gasteiger partial charge in [-0.1, -0.05) is 29.0 Å². The fourth-order valence-corrected chi connectivity index (χ4v) is 4.96. The van der Waals surface area contributed by atoms with Gasteiger partial charge in [0.25, 0.3) is 10.0 Å². The van der Waals surface area contributed by atoms with Crippen LogP contribution in [0.4, 0.5) is 30.1 Å². The number of hydrogen-bond acceptors (Lipinski definition) is 5. The number of carbonyl (C=O) groups is 1. The van der Waals surface area contributed by atoms with Gasteiger partial charge in [-0.3, -0.25) is 4.72 Å². The van der Waals surface area contributed by atoms with E-state index >= 15 is 0 Å². The van der Waals surface area contributed by atoms with E-state index in [9.17, 15) is 22.0 Å². The van der Waals surface area contributed by atoms with Crippen LogP contribution in [0.2, 0.25) is 0 Å². The number of hydrogen-bond donors (Lipinski definition) is 3. The first-order valence-electron chi connectivity index (χ1n) is 9.23. The van der Waals surface area contributed by atoms with Gasteiger partial charge in [0, 0.05) is 11.8 Å². The minimum absolute atomic E-state index is 0.117. The van der Waals surface area contributed by atoms with Gasteiger partial charge in [-0.05, 0) is 49.4 Å². The topological polar surface area (TPSA) is 100 Å². The Bertz CT molecular complexity index is 1420. The van der Waals surface area contributed by atoms with Crippen molar-refractivity contribution in [1.82, 2.24) is 4.98 Å². The summed E-state index contributed by atoms with van der Waals surface area (Å²) in [7, 11) is -3.80. The smallest absolute Gasteiger partial charge is 0.308 e. The Labute approximate surface area is 186 Å². The number of aromatic nitrogens is 1. The summed E-state index contributed by atoms with van der Waals surface area (Å²) in [6.07, 6.45) is 0. The molecule has 3 N–H and O–H groups in total. The van der Waals surface area contributed by atoms with Gasteiger partial charge in [0.2, 0.25) is 0 Å². The Morgan fingerprint density at radius 2 is 1.72 bits per heavy atom. The van der Waals surface area contributed by atoms with E-state index in [-0.39, 0.29) is 15.7 Å². The second-order valence-electron chi connectivity index (χ2n) is 6.82. The van der Waals surface area contributed by atoms with Crippen LogP contribution in [0.5, 0.6) is 0 Å². The molecule has 2 amide bonds. The first kappa shape index (κ1) is 21.7. The van der Waals surface area contributed by atoms with Crippen LogP contribution in [-0.4, -0.2) is 19.4 Å². The molecule has 0 fully saturated rings. The van der Waals surface area contributed by atoms with E-state index < -0.39 is 27.7 Å². The molecule has 0 saturated heterocycles. The number of thiazole rings is 1. The number of nitrogens with one attached hydrogen (secondary N) is 3. The Balaban J connectivity index is 1.49. The van der Waals surface area contributed by atoms with Crippen LogP contribution in [-0.2, 0) is 10.0 Å². The van der Waals surface area contributed by atoms with Gasteiger partial charge in [-0.2, -0.15) is 0 Å². The van der Waals surface area contributed by atoms with Crippen LogP contribution in [0.3, 0.4) is 0 Å². The minimum Gasteiger partial charge on any atom is -0.308 e. The molecule has 0 saturated carbocycles. The van der Waals surface area contributed by atoms with E-state index in [4.69, 9.17) is 0 Å². The fraction of sp³-hybridized carbons (Fsp3) is 0.0476. The number of carbonyl (C=O) groups excluding carboxylic acids is 1. The van der Waals surface area contributed by atoms with E-state index in [1.165, 1.54) is 12.1 Å². The Kier molecular flexibility index (Phi) is 5.76. The second-order valence-corrected chi connectivity index (χ2v) is 9.54. The first-order chi connectivity index (χ1) is 15.2. The minimum atomic E-state index is -3.80. The number of sulfonamides is 1. The average molecular weight is 475 g/mol. The number of benzene rings is 3. The van der Waals surface area contributed by atoms with Crippen LogP contribution < -0.4 is 15.4 Å². The molecular formula is C21H16F2N4O3S2. The van der Waals surface area contributed by atoms with Crippen molar-refractivity contribution >= 4 is 54.1 Å². The second kappa shape index (κ2) is 8.52. The van der Waals surface area contributed by atoms with Gasteiger partial charge < -0.3 is 10.6 Å². The van der Waals surface area contributed by atoms with Crippen molar-refractivity contribution in [2.75, 3.05) is 15.4 Å². The number of anilines is 3. The molecule has 4 aromatic rings. The number of aryl methyl sites for hydroxylation is 1. The zero-order valence-electron chi connectivity index (χ0n) is 16.5. The summed E-state index contributed by atoms with van der Waals surface area (Å²) in [5.74, 6) is -1.46. The molecule has 1 aromatic heterocycles. The highest BCUT2D eigenvalue weighted by molar-refractivity contribution is 7.93. The van der Waals surface area contributed by atoms with Crippen molar-refractivity contribution in [3.8, 4) is 0 Å². The lowest BCUT2D eigenvalue weighted by Gasteiger charge is -2.08. The third kappa shape index (κ3) is 4.84. The normalized spacial score (nSPS) is 11.3. The van der Waals surface area contributed by atoms with E-state index in [0.717, 1.165) is 35.1 Å². The molecule has 0 atom stereocenters. The number of amides is 2. The standard InChI is InChI=1S/C21H16F2N4O3S2/c1-12-2-6-15(7-3-12)32(29,30)27-21-26-17-9-5-14(11-19(17)31-21)24-20(28)25-18-10-13(22)4-8-16(18)23/h2-11H,1H3,(H,26,27)(H2,24,25,28). The molecule has 0 aliphatic carbocycles. The van der Waals surface area contributed by atoms with Crippen molar-refractivity contribution in [3.63, 3.8) is 0 Å². The molecule has 0 spiro atoms. The Hall–Kier alpha value is -3.57. The summed E-state index contributed by atoms with van der Waals surface area (Å²) in [5, 5.41) is 4.93. The lowest BCUT2D eigenvalue weighted by molar-refractivity contribution is 0.262. The quantitative estimate of drug-likeness (QED) is 0.364. The highest BCUT2D eigenvalue weighted by Crippen LogP contribution is 2.30. The molecule has 164 valence electrons. The molecule has 4 rings (SSSR count). The van der Waals surface area contributed by atoms with Crippen LogP contribution in [0.1, 0.15) is 5.56 Å². The maximum atomic E-state index is 13.7. The molecular weight excluding hydrogens is 458 g/mol. The lowest BCUT2D eigenvalue weighted by Crippen LogP contribution is -2.20. The molecule has 7 nitrogen and oxygen atoms in total. The van der Waals surface area contributed by atoms with Gasteiger partial charge in [0.15, 0.2) is 5.13 Å². The Morgan fingerprint density at radius 3 is 2.47 bits per heavy atom. The molecule has 0 bridgehead atoms. The summed E-state index contributed by atoms with van der Waals surface area (Å²) in [4.78, 5) is 16.5. The van der Waals surface area contributed by atoms with Gasteiger partial charge >= 0.3 is 6.03 Å². The third-order valence-electron chi connectivity index (χ3n) is 4.38. The predicted octanol–water partition coefficient (Wildman–Crippen LogP) is 5.33. The molecule has 1 heterocycles. The van der Waals surface area contributed by atoms with Crippen LogP contribution >= 0.6 is 11.3 Å². The summed E-state index contributed by atoms with van der Waals surface area (Å²) < 4.78 is 55.1. The van der Waals surface area contributed by atoms with Crippen molar-refractivity contribution in [1.29, 1.82) is 0 Å². The molecule has 0 radical (unpaired) electrons. The summed E-state index contributed by atoms with van der Waals surface area (Å²) in [6, 6.07) is 13.1. The van der Waals surface area contributed by atoms with Gasteiger partial charge in [-0.25, -0.2) is 27.0 Å².